The lowest BCUT2D eigenvalue weighted by atomic mass is 9.90. The van der Waals surface area contributed by atoms with E-state index in [9.17, 15) is 0 Å². The molecule has 4 nitrogen and oxygen atoms in total. The minimum atomic E-state index is -0.469. The summed E-state index contributed by atoms with van der Waals surface area (Å²) < 4.78 is 13.9. The molecule has 0 bridgehead atoms. The first-order valence-electron chi connectivity index (χ1n) is 6.60. The van der Waals surface area contributed by atoms with Crippen LogP contribution < -0.4 is 0 Å². The third-order valence-corrected chi connectivity index (χ3v) is 4.26. The minimum absolute atomic E-state index is 0.349. The smallest absolute Gasteiger partial charge is 0.383 e. The summed E-state index contributed by atoms with van der Waals surface area (Å²) in [6, 6.07) is 6.16. The Balaban J connectivity index is 2.08. The molecule has 1 saturated heterocycles. The van der Waals surface area contributed by atoms with E-state index in [2.05, 4.69) is 24.2 Å². The van der Waals surface area contributed by atoms with Gasteiger partial charge < -0.3 is 9.31 Å². The fraction of sp³-hybridized carbons (Fsp3) is 0.500. The van der Waals surface area contributed by atoms with E-state index in [1.54, 1.807) is 0 Å². The summed E-state index contributed by atoms with van der Waals surface area (Å²) in [5.74, 6) is 0. The Hall–Kier alpha value is -1.33. The van der Waals surface area contributed by atoms with Crippen molar-refractivity contribution in [3.05, 3.63) is 30.0 Å². The third-order valence-electron chi connectivity index (χ3n) is 4.26. The molecule has 5 heteroatoms. The highest BCUT2D eigenvalue weighted by molar-refractivity contribution is 6.44. The number of benzene rings is 1. The number of para-hydroxylation sites is 1. The lowest BCUT2D eigenvalue weighted by Gasteiger charge is -2.32. The van der Waals surface area contributed by atoms with E-state index in [-0.39, 0.29) is 11.2 Å². The first-order valence-corrected chi connectivity index (χ1v) is 6.60. The maximum atomic E-state index is 6.05. The molecule has 1 aromatic heterocycles. The number of rotatable bonds is 1. The van der Waals surface area contributed by atoms with Gasteiger partial charge in [-0.15, -0.1) is 0 Å². The molecule has 0 amide bonds. The summed E-state index contributed by atoms with van der Waals surface area (Å²) in [5.41, 5.74) is 1.54. The molecule has 100 valence electrons. The molecule has 3 rings (SSSR count). The van der Waals surface area contributed by atoms with Gasteiger partial charge in [0.2, 0.25) is 0 Å². The average Bonchev–Trinajstić information content (AvgIpc) is 2.80. The van der Waals surface area contributed by atoms with E-state index in [0.29, 0.717) is 0 Å². The van der Waals surface area contributed by atoms with Gasteiger partial charge in [0.05, 0.1) is 22.9 Å². The zero-order valence-corrected chi connectivity index (χ0v) is 12.1. The van der Waals surface area contributed by atoms with E-state index in [0.717, 1.165) is 10.9 Å². The van der Waals surface area contributed by atoms with E-state index in [1.165, 1.54) is 5.56 Å². The molecule has 19 heavy (non-hydrogen) atoms. The Labute approximate surface area is 113 Å². The fourth-order valence-electron chi connectivity index (χ4n) is 2.35. The van der Waals surface area contributed by atoms with Crippen LogP contribution in [-0.4, -0.2) is 28.1 Å². The van der Waals surface area contributed by atoms with Crippen LogP contribution in [0.4, 0.5) is 0 Å². The molecule has 0 saturated carbocycles. The topological polar surface area (TPSA) is 36.3 Å². The number of aromatic nitrogens is 2. The highest BCUT2D eigenvalue weighted by atomic mass is 16.7. The van der Waals surface area contributed by atoms with Gasteiger partial charge >= 0.3 is 7.25 Å². The number of fused-ring (bicyclic) bond motifs is 1. The van der Waals surface area contributed by atoms with Crippen molar-refractivity contribution in [2.24, 2.45) is 0 Å². The molecular formula is C14H19BN2O2. The van der Waals surface area contributed by atoms with Crippen LogP contribution in [0.2, 0.25) is 0 Å². The van der Waals surface area contributed by atoms with Gasteiger partial charge in [-0.25, -0.2) is 0 Å². The van der Waals surface area contributed by atoms with Crippen LogP contribution in [0.3, 0.4) is 0 Å². The molecule has 1 aliphatic rings. The normalized spacial score (nSPS) is 21.2. The summed E-state index contributed by atoms with van der Waals surface area (Å²) in [6.45, 7) is 10.3. The van der Waals surface area contributed by atoms with E-state index < -0.39 is 7.25 Å². The summed E-state index contributed by atoms with van der Waals surface area (Å²) >= 11 is 0. The predicted octanol–water partition coefficient (Wildman–Crippen LogP) is 2.78. The van der Waals surface area contributed by atoms with Crippen LogP contribution in [-0.2, 0) is 9.31 Å². The van der Waals surface area contributed by atoms with Gasteiger partial charge in [0.15, 0.2) is 0 Å². The number of aryl methyl sites for hydroxylation is 1. The van der Waals surface area contributed by atoms with Crippen LogP contribution in [0.15, 0.2) is 24.4 Å². The van der Waals surface area contributed by atoms with Crippen LogP contribution in [0, 0.1) is 6.92 Å². The highest BCUT2D eigenvalue weighted by Gasteiger charge is 2.53. The summed E-state index contributed by atoms with van der Waals surface area (Å²) in [7, 11) is -0.469. The van der Waals surface area contributed by atoms with Crippen molar-refractivity contribution < 1.29 is 9.31 Å². The second kappa shape index (κ2) is 3.84. The molecule has 0 radical (unpaired) electrons. The van der Waals surface area contributed by atoms with Crippen molar-refractivity contribution in [3.8, 4) is 0 Å². The number of hydrogen-bond acceptors (Lipinski definition) is 3. The maximum Gasteiger partial charge on any atom is 0.616 e. The van der Waals surface area contributed by atoms with Crippen LogP contribution >= 0.6 is 0 Å². The Bertz CT molecular complexity index is 617. The predicted molar refractivity (Wildman–Crippen MR) is 76.0 cm³/mol. The Morgan fingerprint density at radius 1 is 1.11 bits per heavy atom. The largest absolute Gasteiger partial charge is 0.616 e. The highest BCUT2D eigenvalue weighted by Crippen LogP contribution is 2.37. The second-order valence-electron chi connectivity index (χ2n) is 6.17. The SMILES string of the molecule is Cc1cccc2cnn(B3OC(C)(C)C(C)(C)O3)c12. The van der Waals surface area contributed by atoms with E-state index >= 15 is 0 Å². The lowest BCUT2D eigenvalue weighted by molar-refractivity contribution is 0.00578. The van der Waals surface area contributed by atoms with Gasteiger partial charge in [0, 0.05) is 5.39 Å². The van der Waals surface area contributed by atoms with Gasteiger partial charge in [-0.2, -0.15) is 5.10 Å². The summed E-state index contributed by atoms with van der Waals surface area (Å²) in [6.07, 6.45) is 1.85. The van der Waals surface area contributed by atoms with Gasteiger partial charge in [-0.05, 0) is 40.2 Å². The zero-order valence-electron chi connectivity index (χ0n) is 12.1. The maximum absolute atomic E-state index is 6.05. The average molecular weight is 258 g/mol. The van der Waals surface area contributed by atoms with E-state index in [1.807, 2.05) is 44.6 Å². The van der Waals surface area contributed by atoms with Crippen molar-refractivity contribution >= 4 is 18.2 Å². The van der Waals surface area contributed by atoms with Gasteiger partial charge in [0.25, 0.3) is 0 Å². The fourth-order valence-corrected chi connectivity index (χ4v) is 2.35. The molecule has 0 atom stereocenters. The van der Waals surface area contributed by atoms with Crippen molar-refractivity contribution in [2.45, 2.75) is 45.8 Å². The molecule has 1 aliphatic heterocycles. The summed E-state index contributed by atoms with van der Waals surface area (Å²) in [4.78, 5) is 0. The van der Waals surface area contributed by atoms with Crippen molar-refractivity contribution in [1.82, 2.24) is 9.69 Å². The van der Waals surface area contributed by atoms with Crippen molar-refractivity contribution in [1.29, 1.82) is 0 Å². The van der Waals surface area contributed by atoms with Crippen LogP contribution in [0.1, 0.15) is 33.3 Å². The third kappa shape index (κ3) is 1.80. The molecule has 2 heterocycles. The first kappa shape index (κ1) is 12.7. The number of nitrogens with zero attached hydrogens (tertiary/aromatic N) is 2. The lowest BCUT2D eigenvalue weighted by Crippen LogP contribution is -2.41. The molecule has 0 aliphatic carbocycles. The second-order valence-corrected chi connectivity index (χ2v) is 6.17. The van der Waals surface area contributed by atoms with Crippen molar-refractivity contribution in [2.75, 3.05) is 0 Å². The quantitative estimate of drug-likeness (QED) is 0.738. The Morgan fingerprint density at radius 3 is 2.37 bits per heavy atom. The first-order chi connectivity index (χ1) is 8.82. The monoisotopic (exact) mass is 258 g/mol. The standard InChI is InChI=1S/C14H19BN2O2/c1-10-7-6-8-11-9-16-17(12(10)11)15-18-13(2,3)14(4,5)19-15/h6-9H,1-5H3. The number of hydrogen-bond donors (Lipinski definition) is 0. The van der Waals surface area contributed by atoms with E-state index in [4.69, 9.17) is 9.31 Å². The van der Waals surface area contributed by atoms with Gasteiger partial charge in [-0.1, -0.05) is 18.2 Å². The molecule has 0 N–H and O–H groups in total. The van der Waals surface area contributed by atoms with Crippen molar-refractivity contribution in [3.63, 3.8) is 0 Å². The molecule has 1 aromatic carbocycles. The van der Waals surface area contributed by atoms with Gasteiger partial charge in [0.1, 0.15) is 0 Å². The zero-order chi connectivity index (χ0) is 13.8. The Morgan fingerprint density at radius 2 is 1.74 bits per heavy atom. The Kier molecular flexibility index (Phi) is 2.56. The molecule has 1 fully saturated rings. The van der Waals surface area contributed by atoms with Gasteiger partial charge in [-0.3, -0.25) is 4.59 Å². The molecular weight excluding hydrogens is 239 g/mol. The molecule has 0 spiro atoms. The molecule has 2 aromatic rings. The summed E-state index contributed by atoms with van der Waals surface area (Å²) in [5, 5.41) is 5.54. The van der Waals surface area contributed by atoms with Crippen LogP contribution in [0.5, 0.6) is 0 Å². The molecule has 0 unspecified atom stereocenters. The van der Waals surface area contributed by atoms with Crippen LogP contribution in [0.25, 0.3) is 10.9 Å². The minimum Gasteiger partial charge on any atom is -0.383 e.